The lowest BCUT2D eigenvalue weighted by Gasteiger charge is -2.36. The highest BCUT2D eigenvalue weighted by Gasteiger charge is 2.32. The third-order valence-corrected chi connectivity index (χ3v) is 5.60. The molecule has 0 bridgehead atoms. The predicted octanol–water partition coefficient (Wildman–Crippen LogP) is 3.11. The van der Waals surface area contributed by atoms with Crippen LogP contribution >= 0.6 is 11.8 Å². The average molecular weight is 322 g/mol. The summed E-state index contributed by atoms with van der Waals surface area (Å²) in [6, 6.07) is 5.03. The van der Waals surface area contributed by atoms with Gasteiger partial charge in [-0.15, -0.1) is 0 Å². The number of aryl methyl sites for hydroxylation is 1. The molecular weight excluding hydrogens is 299 g/mol. The Labute approximate surface area is 135 Å². The third-order valence-electron chi connectivity index (χ3n) is 4.55. The number of amides is 1. The van der Waals surface area contributed by atoms with Crippen LogP contribution in [0.2, 0.25) is 0 Å². The van der Waals surface area contributed by atoms with Crippen LogP contribution in [0.15, 0.2) is 18.2 Å². The fourth-order valence-electron chi connectivity index (χ4n) is 3.34. The molecule has 3 rings (SSSR count). The molecule has 1 atom stereocenters. The summed E-state index contributed by atoms with van der Waals surface area (Å²) >= 11 is 1.99. The molecule has 1 aromatic carbocycles. The molecule has 2 fully saturated rings. The van der Waals surface area contributed by atoms with Crippen LogP contribution in [0.5, 0.6) is 0 Å². The van der Waals surface area contributed by atoms with Crippen LogP contribution in [0.4, 0.5) is 10.1 Å². The number of hydrogen-bond donors (Lipinski definition) is 1. The standard InChI is InChI=1S/C17H23FN2OS/c1-12-11-13(18)4-5-16(12)20-8-2-3-15(17(20)21)19-14-6-9-22-10-7-14/h4-5,11,14-15,19H,2-3,6-10H2,1H3. The van der Waals surface area contributed by atoms with E-state index >= 15 is 0 Å². The molecule has 22 heavy (non-hydrogen) atoms. The first-order chi connectivity index (χ1) is 10.6. The van der Waals surface area contributed by atoms with Crippen molar-refractivity contribution in [3.63, 3.8) is 0 Å². The van der Waals surface area contributed by atoms with Crippen molar-refractivity contribution in [1.29, 1.82) is 0 Å². The molecule has 2 aliphatic rings. The Kier molecular flexibility index (Phi) is 5.03. The van der Waals surface area contributed by atoms with E-state index < -0.39 is 0 Å². The summed E-state index contributed by atoms with van der Waals surface area (Å²) in [4.78, 5) is 14.6. The normalized spacial score (nSPS) is 23.8. The lowest BCUT2D eigenvalue weighted by Crippen LogP contribution is -2.54. The summed E-state index contributed by atoms with van der Waals surface area (Å²) in [5, 5.41) is 3.56. The molecule has 2 saturated heterocycles. The van der Waals surface area contributed by atoms with Crippen LogP contribution in [0.3, 0.4) is 0 Å². The molecule has 1 unspecified atom stereocenters. The zero-order valence-corrected chi connectivity index (χ0v) is 13.8. The van der Waals surface area contributed by atoms with E-state index in [1.807, 2.05) is 23.6 Å². The van der Waals surface area contributed by atoms with Crippen molar-refractivity contribution in [2.45, 2.75) is 44.7 Å². The van der Waals surface area contributed by atoms with E-state index in [0.29, 0.717) is 6.04 Å². The molecule has 0 aliphatic carbocycles. The van der Waals surface area contributed by atoms with E-state index in [1.165, 1.54) is 23.6 Å². The molecule has 0 aromatic heterocycles. The number of nitrogens with one attached hydrogen (secondary N) is 1. The Morgan fingerprint density at radius 1 is 1.27 bits per heavy atom. The molecule has 5 heteroatoms. The largest absolute Gasteiger partial charge is 0.311 e. The number of rotatable bonds is 3. The van der Waals surface area contributed by atoms with Crippen molar-refractivity contribution in [2.75, 3.05) is 23.0 Å². The SMILES string of the molecule is Cc1cc(F)ccc1N1CCCC(NC2CCSCC2)C1=O. The Balaban J connectivity index is 1.71. The van der Waals surface area contributed by atoms with Crippen LogP contribution in [0.25, 0.3) is 0 Å². The van der Waals surface area contributed by atoms with E-state index in [1.54, 1.807) is 6.07 Å². The van der Waals surface area contributed by atoms with Gasteiger partial charge in [-0.1, -0.05) is 0 Å². The molecule has 120 valence electrons. The van der Waals surface area contributed by atoms with Crippen molar-refractivity contribution < 1.29 is 9.18 Å². The molecule has 0 radical (unpaired) electrons. The smallest absolute Gasteiger partial charge is 0.244 e. The summed E-state index contributed by atoms with van der Waals surface area (Å²) in [7, 11) is 0. The van der Waals surface area contributed by atoms with Gasteiger partial charge in [-0.3, -0.25) is 4.79 Å². The number of thioether (sulfide) groups is 1. The van der Waals surface area contributed by atoms with Gasteiger partial charge in [0.05, 0.1) is 6.04 Å². The van der Waals surface area contributed by atoms with E-state index in [4.69, 9.17) is 0 Å². The number of halogens is 1. The van der Waals surface area contributed by atoms with Gasteiger partial charge >= 0.3 is 0 Å². The molecule has 3 nitrogen and oxygen atoms in total. The van der Waals surface area contributed by atoms with Gasteiger partial charge in [0.2, 0.25) is 5.91 Å². The monoisotopic (exact) mass is 322 g/mol. The van der Waals surface area contributed by atoms with Gasteiger partial charge in [0.1, 0.15) is 5.82 Å². The second-order valence-electron chi connectivity index (χ2n) is 6.17. The first-order valence-corrected chi connectivity index (χ1v) is 9.22. The van der Waals surface area contributed by atoms with Crippen LogP contribution in [0, 0.1) is 12.7 Å². The maximum Gasteiger partial charge on any atom is 0.244 e. The Morgan fingerprint density at radius 2 is 2.05 bits per heavy atom. The highest BCUT2D eigenvalue weighted by atomic mass is 32.2. The third kappa shape index (κ3) is 3.46. The van der Waals surface area contributed by atoms with Gasteiger partial charge in [0.25, 0.3) is 0 Å². The minimum atomic E-state index is -0.250. The van der Waals surface area contributed by atoms with Crippen molar-refractivity contribution >= 4 is 23.4 Å². The highest BCUT2D eigenvalue weighted by Crippen LogP contribution is 2.26. The molecule has 0 spiro atoms. The van der Waals surface area contributed by atoms with E-state index in [-0.39, 0.29) is 17.8 Å². The summed E-state index contributed by atoms with van der Waals surface area (Å²) in [5.74, 6) is 2.25. The van der Waals surface area contributed by atoms with Crippen molar-refractivity contribution in [2.24, 2.45) is 0 Å². The van der Waals surface area contributed by atoms with E-state index in [2.05, 4.69) is 5.32 Å². The molecule has 2 heterocycles. The second-order valence-corrected chi connectivity index (χ2v) is 7.39. The van der Waals surface area contributed by atoms with Crippen molar-refractivity contribution in [1.82, 2.24) is 5.32 Å². The lowest BCUT2D eigenvalue weighted by atomic mass is 10.0. The number of anilines is 1. The zero-order valence-electron chi connectivity index (χ0n) is 13.0. The maximum atomic E-state index is 13.3. The number of hydrogen-bond acceptors (Lipinski definition) is 3. The summed E-state index contributed by atoms with van der Waals surface area (Å²) in [5.41, 5.74) is 1.67. The van der Waals surface area contributed by atoms with Crippen molar-refractivity contribution in [3.05, 3.63) is 29.6 Å². The Hall–Kier alpha value is -1.07. The van der Waals surface area contributed by atoms with Crippen molar-refractivity contribution in [3.8, 4) is 0 Å². The van der Waals surface area contributed by atoms with Gasteiger partial charge in [-0.2, -0.15) is 11.8 Å². The zero-order chi connectivity index (χ0) is 15.5. The van der Waals surface area contributed by atoms with E-state index in [9.17, 15) is 9.18 Å². The summed E-state index contributed by atoms with van der Waals surface area (Å²) in [6.07, 6.45) is 4.18. The molecule has 1 amide bonds. The van der Waals surface area contributed by atoms with Crippen LogP contribution in [0.1, 0.15) is 31.2 Å². The molecule has 1 N–H and O–H groups in total. The van der Waals surface area contributed by atoms with Gasteiger partial charge < -0.3 is 10.2 Å². The Bertz CT molecular complexity index is 545. The van der Waals surface area contributed by atoms with Crippen LogP contribution < -0.4 is 10.2 Å². The Morgan fingerprint density at radius 3 is 2.77 bits per heavy atom. The number of carbonyl (C=O) groups excluding carboxylic acids is 1. The van der Waals surface area contributed by atoms with E-state index in [0.717, 1.165) is 43.5 Å². The fraction of sp³-hybridized carbons (Fsp3) is 0.588. The van der Waals surface area contributed by atoms with Gasteiger partial charge in [0, 0.05) is 18.3 Å². The van der Waals surface area contributed by atoms with Gasteiger partial charge in [-0.25, -0.2) is 4.39 Å². The second kappa shape index (κ2) is 7.01. The molecule has 0 saturated carbocycles. The average Bonchev–Trinajstić information content (AvgIpc) is 2.51. The van der Waals surface area contributed by atoms with Crippen LogP contribution in [-0.2, 0) is 4.79 Å². The van der Waals surface area contributed by atoms with Gasteiger partial charge in [-0.05, 0) is 67.9 Å². The quantitative estimate of drug-likeness (QED) is 0.928. The summed E-state index contributed by atoms with van der Waals surface area (Å²) < 4.78 is 13.3. The molecule has 2 aliphatic heterocycles. The minimum absolute atomic E-state index is 0.0914. The highest BCUT2D eigenvalue weighted by molar-refractivity contribution is 7.99. The topological polar surface area (TPSA) is 32.3 Å². The predicted molar refractivity (Wildman–Crippen MR) is 90.0 cm³/mol. The molecular formula is C17H23FN2OS. The van der Waals surface area contributed by atoms with Crippen LogP contribution in [-0.4, -0.2) is 36.0 Å². The number of nitrogens with zero attached hydrogens (tertiary/aromatic N) is 1. The van der Waals surface area contributed by atoms with Gasteiger partial charge in [0.15, 0.2) is 0 Å². The summed E-state index contributed by atoms with van der Waals surface area (Å²) in [6.45, 7) is 2.59. The maximum absolute atomic E-state index is 13.3. The number of benzene rings is 1. The minimum Gasteiger partial charge on any atom is -0.311 e. The number of carbonyl (C=O) groups is 1. The first-order valence-electron chi connectivity index (χ1n) is 8.06. The first kappa shape index (κ1) is 15.8. The lowest BCUT2D eigenvalue weighted by molar-refractivity contribution is -0.122. The molecule has 1 aromatic rings. The number of piperidine rings is 1. The fourth-order valence-corrected chi connectivity index (χ4v) is 4.45.